The van der Waals surface area contributed by atoms with E-state index < -0.39 is 0 Å². The second-order valence-electron chi connectivity index (χ2n) is 5.93. The lowest BCUT2D eigenvalue weighted by Crippen LogP contribution is -2.44. The van der Waals surface area contributed by atoms with E-state index in [-0.39, 0.29) is 11.5 Å². The van der Waals surface area contributed by atoms with Crippen LogP contribution in [0.25, 0.3) is 0 Å². The van der Waals surface area contributed by atoms with Crippen molar-refractivity contribution < 1.29 is 9.53 Å². The molecular weight excluding hydrogens is 214 g/mol. The fourth-order valence-electron chi connectivity index (χ4n) is 3.16. The molecule has 0 saturated heterocycles. The average Bonchev–Trinajstić information content (AvgIpc) is 2.79. The summed E-state index contributed by atoms with van der Waals surface area (Å²) in [6, 6.07) is 0. The Morgan fingerprint density at radius 2 is 1.76 bits per heavy atom. The van der Waals surface area contributed by atoms with E-state index in [1.54, 1.807) is 0 Å². The van der Waals surface area contributed by atoms with Gasteiger partial charge in [-0.15, -0.1) is 0 Å². The van der Waals surface area contributed by atoms with Gasteiger partial charge in [-0.3, -0.25) is 4.79 Å². The van der Waals surface area contributed by atoms with Gasteiger partial charge in [0.25, 0.3) is 0 Å². The zero-order chi connectivity index (χ0) is 12.1. The molecular formula is C14H25NO2. The number of carbonyl (C=O) groups excluding carboxylic acids is 1. The van der Waals surface area contributed by atoms with Crippen molar-refractivity contribution >= 4 is 5.97 Å². The highest BCUT2D eigenvalue weighted by molar-refractivity contribution is 5.70. The first kappa shape index (κ1) is 12.9. The summed E-state index contributed by atoms with van der Waals surface area (Å²) in [5.74, 6) is 0.528. The summed E-state index contributed by atoms with van der Waals surface area (Å²) in [7, 11) is 0. The predicted molar refractivity (Wildman–Crippen MR) is 67.5 cm³/mol. The second kappa shape index (κ2) is 5.85. The number of ether oxygens (including phenoxy) is 1. The highest BCUT2D eigenvalue weighted by Gasteiger charge is 2.31. The molecule has 0 aromatic rings. The largest absolute Gasteiger partial charge is 0.465 e. The van der Waals surface area contributed by atoms with Gasteiger partial charge in [0.2, 0.25) is 0 Å². The maximum absolute atomic E-state index is 11.8. The lowest BCUT2D eigenvalue weighted by molar-refractivity contribution is -0.146. The Kier molecular flexibility index (Phi) is 4.43. The van der Waals surface area contributed by atoms with Crippen LogP contribution in [0.4, 0.5) is 0 Å². The van der Waals surface area contributed by atoms with Crippen molar-refractivity contribution in [1.29, 1.82) is 0 Å². The summed E-state index contributed by atoms with van der Waals surface area (Å²) in [6.07, 6.45) is 11.0. The molecule has 0 unspecified atom stereocenters. The van der Waals surface area contributed by atoms with Gasteiger partial charge >= 0.3 is 5.97 Å². The Hall–Kier alpha value is -0.570. The molecule has 0 spiro atoms. The van der Waals surface area contributed by atoms with Gasteiger partial charge in [-0.05, 0) is 31.6 Å². The van der Waals surface area contributed by atoms with E-state index >= 15 is 0 Å². The molecule has 2 rings (SSSR count). The highest BCUT2D eigenvalue weighted by atomic mass is 16.5. The predicted octanol–water partition coefficient (Wildman–Crippen LogP) is 2.77. The normalized spacial score (nSPS) is 24.8. The molecule has 3 heteroatoms. The first-order valence-electron chi connectivity index (χ1n) is 7.12. The molecule has 0 heterocycles. The molecule has 3 nitrogen and oxygen atoms in total. The zero-order valence-electron chi connectivity index (χ0n) is 10.7. The van der Waals surface area contributed by atoms with Crippen molar-refractivity contribution in [3.05, 3.63) is 0 Å². The highest BCUT2D eigenvalue weighted by Crippen LogP contribution is 2.29. The van der Waals surface area contributed by atoms with Crippen LogP contribution in [-0.4, -0.2) is 18.1 Å². The average molecular weight is 239 g/mol. The van der Waals surface area contributed by atoms with Crippen LogP contribution in [0, 0.1) is 5.92 Å². The van der Waals surface area contributed by atoms with Crippen molar-refractivity contribution in [3.63, 3.8) is 0 Å². The van der Waals surface area contributed by atoms with Crippen molar-refractivity contribution in [1.82, 2.24) is 0 Å². The molecule has 0 atom stereocenters. The lowest BCUT2D eigenvalue weighted by atomic mass is 9.80. The van der Waals surface area contributed by atoms with Gasteiger partial charge in [-0.1, -0.05) is 32.1 Å². The third-order valence-electron chi connectivity index (χ3n) is 4.30. The summed E-state index contributed by atoms with van der Waals surface area (Å²) < 4.78 is 5.37. The Labute approximate surface area is 104 Å². The summed E-state index contributed by atoms with van der Waals surface area (Å²) in [5, 5.41) is 0. The number of rotatable bonds is 4. The number of hydrogen-bond donors (Lipinski definition) is 1. The molecule has 2 N–H and O–H groups in total. The first-order chi connectivity index (χ1) is 8.18. The molecule has 0 aliphatic heterocycles. The van der Waals surface area contributed by atoms with Crippen LogP contribution in [0.3, 0.4) is 0 Å². The summed E-state index contributed by atoms with van der Waals surface area (Å²) in [4.78, 5) is 11.8. The summed E-state index contributed by atoms with van der Waals surface area (Å²) >= 11 is 0. The number of esters is 1. The van der Waals surface area contributed by atoms with Crippen LogP contribution in [0.2, 0.25) is 0 Å². The standard InChI is InChI=1S/C14H25NO2/c15-14(8-4-1-5-9-14)10-13(16)17-11-12-6-2-3-7-12/h12H,1-11,15H2. The summed E-state index contributed by atoms with van der Waals surface area (Å²) in [5.41, 5.74) is 5.97. The molecule has 2 fully saturated rings. The van der Waals surface area contributed by atoms with Crippen LogP contribution in [0.15, 0.2) is 0 Å². The fraction of sp³-hybridized carbons (Fsp3) is 0.929. The third-order valence-corrected chi connectivity index (χ3v) is 4.30. The molecule has 0 amide bonds. The molecule has 2 aliphatic carbocycles. The van der Waals surface area contributed by atoms with Gasteiger partial charge in [0.1, 0.15) is 0 Å². The lowest BCUT2D eigenvalue weighted by Gasteiger charge is -2.32. The maximum Gasteiger partial charge on any atom is 0.307 e. The number of nitrogens with two attached hydrogens (primary N) is 1. The summed E-state index contributed by atoms with van der Waals surface area (Å²) in [6.45, 7) is 0.620. The topological polar surface area (TPSA) is 52.3 Å². The van der Waals surface area contributed by atoms with E-state index in [1.165, 1.54) is 32.1 Å². The fourth-order valence-corrected chi connectivity index (χ4v) is 3.16. The Morgan fingerprint density at radius 3 is 2.41 bits per heavy atom. The molecule has 0 bridgehead atoms. The van der Waals surface area contributed by atoms with Crippen LogP contribution in [0.5, 0.6) is 0 Å². The van der Waals surface area contributed by atoms with Crippen LogP contribution < -0.4 is 5.73 Å². The Balaban J connectivity index is 1.68. The minimum absolute atomic E-state index is 0.0821. The van der Waals surface area contributed by atoms with Crippen molar-refractivity contribution in [2.24, 2.45) is 11.7 Å². The van der Waals surface area contributed by atoms with Crippen molar-refractivity contribution in [3.8, 4) is 0 Å². The molecule has 17 heavy (non-hydrogen) atoms. The molecule has 0 radical (unpaired) electrons. The van der Waals surface area contributed by atoms with E-state index in [4.69, 9.17) is 10.5 Å². The van der Waals surface area contributed by atoms with Gasteiger partial charge in [0.15, 0.2) is 0 Å². The molecule has 98 valence electrons. The quantitative estimate of drug-likeness (QED) is 0.767. The third kappa shape index (κ3) is 3.98. The van der Waals surface area contributed by atoms with E-state index in [0.717, 1.165) is 25.7 Å². The van der Waals surface area contributed by atoms with Crippen molar-refractivity contribution in [2.45, 2.75) is 69.7 Å². The second-order valence-corrected chi connectivity index (χ2v) is 5.93. The molecule has 2 saturated carbocycles. The van der Waals surface area contributed by atoms with Crippen LogP contribution >= 0.6 is 0 Å². The Morgan fingerprint density at radius 1 is 1.12 bits per heavy atom. The molecule has 2 aliphatic rings. The monoisotopic (exact) mass is 239 g/mol. The van der Waals surface area contributed by atoms with E-state index in [0.29, 0.717) is 18.9 Å². The molecule has 0 aromatic carbocycles. The molecule has 0 aromatic heterocycles. The Bertz CT molecular complexity index is 253. The minimum Gasteiger partial charge on any atom is -0.465 e. The van der Waals surface area contributed by atoms with E-state index in [9.17, 15) is 4.79 Å². The first-order valence-corrected chi connectivity index (χ1v) is 7.12. The van der Waals surface area contributed by atoms with E-state index in [2.05, 4.69) is 0 Å². The maximum atomic E-state index is 11.8. The SMILES string of the molecule is NC1(CC(=O)OCC2CCCC2)CCCCC1. The van der Waals surface area contributed by atoms with E-state index in [1.807, 2.05) is 0 Å². The van der Waals surface area contributed by atoms with Crippen molar-refractivity contribution in [2.75, 3.05) is 6.61 Å². The van der Waals surface area contributed by atoms with Crippen LogP contribution in [-0.2, 0) is 9.53 Å². The van der Waals surface area contributed by atoms with Gasteiger partial charge in [-0.25, -0.2) is 0 Å². The number of carbonyl (C=O) groups is 1. The zero-order valence-corrected chi connectivity index (χ0v) is 10.7. The van der Waals surface area contributed by atoms with Gasteiger partial charge in [0.05, 0.1) is 13.0 Å². The minimum atomic E-state index is -0.273. The smallest absolute Gasteiger partial charge is 0.307 e. The van der Waals surface area contributed by atoms with Gasteiger partial charge < -0.3 is 10.5 Å². The van der Waals surface area contributed by atoms with Gasteiger partial charge in [-0.2, -0.15) is 0 Å². The van der Waals surface area contributed by atoms with Crippen LogP contribution in [0.1, 0.15) is 64.2 Å². The number of hydrogen-bond acceptors (Lipinski definition) is 3. The van der Waals surface area contributed by atoms with Gasteiger partial charge in [0, 0.05) is 5.54 Å².